The molecule has 4 rings (SSSR count). The first kappa shape index (κ1) is 21.4. The smallest absolute Gasteiger partial charge is 0.417 e. The standard InChI is InChI=1S/C24H24N2O6/c1-3-12-26-23(27)21(32-24(26)28)17-10-11-19(20(13-17)29-4-2)30-14-18-15-31-22(25-18)16-8-6-5-7-9-16/h5-11,13,15,21H,3-4,12,14H2,1-2H3. The van der Waals surface area contributed by atoms with Gasteiger partial charge < -0.3 is 18.6 Å². The molecule has 1 fully saturated rings. The lowest BCUT2D eigenvalue weighted by molar-refractivity contribution is -0.129. The van der Waals surface area contributed by atoms with E-state index in [2.05, 4.69) is 4.98 Å². The molecule has 1 unspecified atom stereocenters. The number of oxazole rings is 1. The summed E-state index contributed by atoms with van der Waals surface area (Å²) in [6.45, 7) is 4.66. The predicted molar refractivity (Wildman–Crippen MR) is 115 cm³/mol. The second-order valence-electron chi connectivity index (χ2n) is 7.19. The van der Waals surface area contributed by atoms with Crippen molar-refractivity contribution in [2.45, 2.75) is 33.0 Å². The van der Waals surface area contributed by atoms with Gasteiger partial charge in [-0.3, -0.25) is 4.79 Å². The summed E-state index contributed by atoms with van der Waals surface area (Å²) in [5.41, 5.74) is 2.04. The molecule has 0 aliphatic carbocycles. The Hall–Kier alpha value is -3.81. The molecule has 0 spiro atoms. The van der Waals surface area contributed by atoms with Gasteiger partial charge in [0.2, 0.25) is 12.0 Å². The van der Waals surface area contributed by atoms with E-state index in [1.807, 2.05) is 44.2 Å². The van der Waals surface area contributed by atoms with Gasteiger partial charge in [0, 0.05) is 17.7 Å². The van der Waals surface area contributed by atoms with Crippen molar-refractivity contribution in [1.29, 1.82) is 0 Å². The fraction of sp³-hybridized carbons (Fsp3) is 0.292. The van der Waals surface area contributed by atoms with Crippen LogP contribution in [0.1, 0.15) is 37.6 Å². The van der Waals surface area contributed by atoms with E-state index in [0.29, 0.717) is 48.2 Å². The quantitative estimate of drug-likeness (QED) is 0.478. The molecule has 8 heteroatoms. The zero-order valence-corrected chi connectivity index (χ0v) is 17.9. The first-order chi connectivity index (χ1) is 15.6. The van der Waals surface area contributed by atoms with Crippen LogP contribution < -0.4 is 9.47 Å². The zero-order valence-electron chi connectivity index (χ0n) is 17.9. The van der Waals surface area contributed by atoms with Crippen LogP contribution in [0, 0.1) is 0 Å². The first-order valence-electron chi connectivity index (χ1n) is 10.5. The summed E-state index contributed by atoms with van der Waals surface area (Å²) in [4.78, 5) is 30.2. The van der Waals surface area contributed by atoms with E-state index in [4.69, 9.17) is 18.6 Å². The Morgan fingerprint density at radius 1 is 1.03 bits per heavy atom. The van der Waals surface area contributed by atoms with Crippen molar-refractivity contribution < 1.29 is 28.2 Å². The van der Waals surface area contributed by atoms with Crippen molar-refractivity contribution in [2.75, 3.05) is 13.2 Å². The Bertz CT molecular complexity index is 1090. The molecule has 1 atom stereocenters. The Labute approximate surface area is 185 Å². The molecule has 166 valence electrons. The lowest BCUT2D eigenvalue weighted by Crippen LogP contribution is -2.30. The molecule has 1 aliphatic rings. The number of imide groups is 1. The SMILES string of the molecule is CCCN1C(=O)OC(c2ccc(OCc3coc(-c4ccccc4)n3)c(OCC)c2)C1=O. The molecule has 1 aliphatic heterocycles. The van der Waals surface area contributed by atoms with E-state index in [9.17, 15) is 9.59 Å². The molecule has 2 amide bonds. The minimum Gasteiger partial charge on any atom is -0.490 e. The molecular formula is C24H24N2O6. The molecule has 32 heavy (non-hydrogen) atoms. The molecule has 0 radical (unpaired) electrons. The minimum absolute atomic E-state index is 0.178. The summed E-state index contributed by atoms with van der Waals surface area (Å²) >= 11 is 0. The fourth-order valence-electron chi connectivity index (χ4n) is 3.40. The van der Waals surface area contributed by atoms with Crippen LogP contribution in [0.4, 0.5) is 4.79 Å². The second kappa shape index (κ2) is 9.55. The summed E-state index contributed by atoms with van der Waals surface area (Å²) in [5, 5.41) is 0. The maximum atomic E-state index is 12.6. The van der Waals surface area contributed by atoms with Gasteiger partial charge in [0.05, 0.1) is 6.61 Å². The largest absolute Gasteiger partial charge is 0.490 e. The van der Waals surface area contributed by atoms with Crippen LogP contribution in [0.25, 0.3) is 11.5 Å². The van der Waals surface area contributed by atoms with E-state index >= 15 is 0 Å². The third-order valence-corrected chi connectivity index (χ3v) is 4.89. The highest BCUT2D eigenvalue weighted by Crippen LogP contribution is 2.35. The Balaban J connectivity index is 1.49. The van der Waals surface area contributed by atoms with Crippen LogP contribution in [-0.4, -0.2) is 35.0 Å². The minimum atomic E-state index is -0.980. The molecule has 2 aromatic carbocycles. The zero-order chi connectivity index (χ0) is 22.5. The molecule has 0 bridgehead atoms. The summed E-state index contributed by atoms with van der Waals surface area (Å²) in [7, 11) is 0. The number of nitrogens with zero attached hydrogens (tertiary/aromatic N) is 2. The van der Waals surface area contributed by atoms with Crippen LogP contribution in [0.2, 0.25) is 0 Å². The monoisotopic (exact) mass is 436 g/mol. The summed E-state index contributed by atoms with van der Waals surface area (Å²) < 4.78 is 22.4. The van der Waals surface area contributed by atoms with Crippen molar-refractivity contribution in [3.05, 3.63) is 66.1 Å². The Kier molecular flexibility index (Phi) is 6.39. The molecular weight excluding hydrogens is 412 g/mol. The van der Waals surface area contributed by atoms with Crippen LogP contribution in [0.3, 0.4) is 0 Å². The van der Waals surface area contributed by atoms with Gasteiger partial charge >= 0.3 is 6.09 Å². The number of hydrogen-bond acceptors (Lipinski definition) is 7. The molecule has 8 nitrogen and oxygen atoms in total. The van der Waals surface area contributed by atoms with Crippen molar-refractivity contribution in [2.24, 2.45) is 0 Å². The number of ether oxygens (including phenoxy) is 3. The van der Waals surface area contributed by atoms with Crippen molar-refractivity contribution in [3.8, 4) is 23.0 Å². The highest BCUT2D eigenvalue weighted by Gasteiger charge is 2.41. The molecule has 3 aromatic rings. The van der Waals surface area contributed by atoms with Crippen molar-refractivity contribution >= 4 is 12.0 Å². The van der Waals surface area contributed by atoms with Crippen molar-refractivity contribution in [1.82, 2.24) is 9.88 Å². The van der Waals surface area contributed by atoms with Crippen LogP contribution in [0.15, 0.2) is 59.2 Å². The summed E-state index contributed by atoms with van der Waals surface area (Å²) in [6, 6.07) is 14.7. The Morgan fingerprint density at radius 3 is 2.59 bits per heavy atom. The highest BCUT2D eigenvalue weighted by atomic mass is 16.6. The van der Waals surface area contributed by atoms with Gasteiger partial charge in [-0.1, -0.05) is 31.2 Å². The normalized spacial score (nSPS) is 15.7. The third kappa shape index (κ3) is 4.44. The Morgan fingerprint density at radius 2 is 1.84 bits per heavy atom. The number of hydrogen-bond donors (Lipinski definition) is 0. The van der Waals surface area contributed by atoms with Gasteiger partial charge in [0.1, 0.15) is 18.6 Å². The van der Waals surface area contributed by atoms with Gasteiger partial charge in [-0.15, -0.1) is 0 Å². The number of carbonyl (C=O) groups excluding carboxylic acids is 2. The molecule has 2 heterocycles. The number of rotatable bonds is 9. The maximum Gasteiger partial charge on any atom is 0.417 e. The summed E-state index contributed by atoms with van der Waals surface area (Å²) in [6.07, 6.45) is 0.612. The molecule has 0 saturated carbocycles. The average molecular weight is 436 g/mol. The number of carbonyl (C=O) groups is 2. The highest BCUT2D eigenvalue weighted by molar-refractivity contribution is 6.00. The first-order valence-corrected chi connectivity index (χ1v) is 10.5. The van der Waals surface area contributed by atoms with Gasteiger partial charge in [0.15, 0.2) is 11.5 Å². The molecule has 1 aromatic heterocycles. The van der Waals surface area contributed by atoms with E-state index in [-0.39, 0.29) is 12.5 Å². The number of benzene rings is 2. The third-order valence-electron chi connectivity index (χ3n) is 4.89. The van der Waals surface area contributed by atoms with E-state index in [0.717, 1.165) is 10.5 Å². The van der Waals surface area contributed by atoms with Crippen LogP contribution in [-0.2, 0) is 16.1 Å². The second-order valence-corrected chi connectivity index (χ2v) is 7.19. The average Bonchev–Trinajstić information content (AvgIpc) is 3.39. The van der Waals surface area contributed by atoms with Crippen LogP contribution >= 0.6 is 0 Å². The molecule has 1 saturated heterocycles. The number of amides is 2. The van der Waals surface area contributed by atoms with Crippen LogP contribution in [0.5, 0.6) is 11.5 Å². The fourth-order valence-corrected chi connectivity index (χ4v) is 3.40. The number of cyclic esters (lactones) is 1. The van der Waals surface area contributed by atoms with Gasteiger partial charge in [0.25, 0.3) is 5.91 Å². The predicted octanol–water partition coefficient (Wildman–Crippen LogP) is 4.75. The van der Waals surface area contributed by atoms with Gasteiger partial charge in [-0.25, -0.2) is 14.7 Å². The summed E-state index contributed by atoms with van der Waals surface area (Å²) in [5.74, 6) is 1.09. The van der Waals surface area contributed by atoms with E-state index < -0.39 is 12.2 Å². The van der Waals surface area contributed by atoms with E-state index in [1.165, 1.54) is 0 Å². The van der Waals surface area contributed by atoms with Gasteiger partial charge in [-0.2, -0.15) is 0 Å². The topological polar surface area (TPSA) is 91.1 Å². The van der Waals surface area contributed by atoms with Crippen molar-refractivity contribution in [3.63, 3.8) is 0 Å². The molecule has 0 N–H and O–H groups in total. The number of aromatic nitrogens is 1. The van der Waals surface area contributed by atoms with Gasteiger partial charge in [-0.05, 0) is 37.6 Å². The van der Waals surface area contributed by atoms with E-state index in [1.54, 1.807) is 24.5 Å². The lowest BCUT2D eigenvalue weighted by Gasteiger charge is -2.14. The maximum absolute atomic E-state index is 12.6. The lowest BCUT2D eigenvalue weighted by atomic mass is 10.1.